The van der Waals surface area contributed by atoms with Crippen LogP contribution in [-0.2, 0) is 0 Å². The van der Waals surface area contributed by atoms with Gasteiger partial charge in [0, 0.05) is 19.4 Å². The SMILES string of the molecule is Cc1cccnc1N1c2cnccc2N(C)C1C. The fourth-order valence-corrected chi connectivity index (χ4v) is 2.46. The van der Waals surface area contributed by atoms with Crippen molar-refractivity contribution in [3.8, 4) is 0 Å². The maximum atomic E-state index is 4.52. The number of aryl methyl sites for hydroxylation is 1. The van der Waals surface area contributed by atoms with Gasteiger partial charge in [-0.25, -0.2) is 4.98 Å². The monoisotopic (exact) mass is 240 g/mol. The van der Waals surface area contributed by atoms with Crippen LogP contribution in [0.3, 0.4) is 0 Å². The van der Waals surface area contributed by atoms with Gasteiger partial charge in [-0.2, -0.15) is 0 Å². The number of anilines is 3. The molecule has 2 aromatic heterocycles. The number of hydrogen-bond donors (Lipinski definition) is 0. The van der Waals surface area contributed by atoms with E-state index >= 15 is 0 Å². The molecule has 0 spiro atoms. The molecule has 1 aliphatic rings. The second kappa shape index (κ2) is 3.98. The summed E-state index contributed by atoms with van der Waals surface area (Å²) >= 11 is 0. The van der Waals surface area contributed by atoms with Crippen LogP contribution in [0.15, 0.2) is 36.8 Å². The molecular weight excluding hydrogens is 224 g/mol. The second-order valence-corrected chi connectivity index (χ2v) is 4.62. The fraction of sp³-hybridized carbons (Fsp3) is 0.286. The summed E-state index contributed by atoms with van der Waals surface area (Å²) in [5, 5.41) is 0. The van der Waals surface area contributed by atoms with E-state index in [-0.39, 0.29) is 6.17 Å². The lowest BCUT2D eigenvalue weighted by molar-refractivity contribution is 0.725. The van der Waals surface area contributed by atoms with Crippen LogP contribution in [0.1, 0.15) is 12.5 Å². The molecule has 1 aliphatic heterocycles. The van der Waals surface area contributed by atoms with Crippen molar-refractivity contribution < 1.29 is 0 Å². The average Bonchev–Trinajstić information content (AvgIpc) is 2.64. The van der Waals surface area contributed by atoms with Gasteiger partial charge in [0.2, 0.25) is 0 Å². The Hall–Kier alpha value is -2.10. The molecule has 1 atom stereocenters. The zero-order valence-electron chi connectivity index (χ0n) is 10.8. The van der Waals surface area contributed by atoms with Gasteiger partial charge in [-0.1, -0.05) is 6.07 Å². The van der Waals surface area contributed by atoms with Crippen molar-refractivity contribution in [1.29, 1.82) is 0 Å². The Labute approximate surface area is 107 Å². The van der Waals surface area contributed by atoms with E-state index in [0.717, 1.165) is 11.5 Å². The molecule has 0 bridgehead atoms. The number of rotatable bonds is 1. The molecule has 0 saturated carbocycles. The third kappa shape index (κ3) is 1.45. The minimum atomic E-state index is 0.248. The highest BCUT2D eigenvalue weighted by molar-refractivity contribution is 5.82. The zero-order chi connectivity index (χ0) is 12.7. The predicted octanol–water partition coefficient (Wildman–Crippen LogP) is 2.72. The van der Waals surface area contributed by atoms with Gasteiger partial charge in [-0.05, 0) is 31.5 Å². The molecule has 0 amide bonds. The lowest BCUT2D eigenvalue weighted by atomic mass is 10.2. The molecule has 1 unspecified atom stereocenters. The summed E-state index contributed by atoms with van der Waals surface area (Å²) in [6.07, 6.45) is 5.82. The number of pyridine rings is 2. The molecule has 0 fully saturated rings. The second-order valence-electron chi connectivity index (χ2n) is 4.62. The van der Waals surface area contributed by atoms with Gasteiger partial charge in [0.1, 0.15) is 12.0 Å². The Morgan fingerprint density at radius 3 is 2.78 bits per heavy atom. The van der Waals surface area contributed by atoms with E-state index in [9.17, 15) is 0 Å². The van der Waals surface area contributed by atoms with E-state index in [1.165, 1.54) is 11.3 Å². The summed E-state index contributed by atoms with van der Waals surface area (Å²) in [7, 11) is 2.10. The third-order valence-corrected chi connectivity index (χ3v) is 3.56. The van der Waals surface area contributed by atoms with Crippen molar-refractivity contribution in [3.05, 3.63) is 42.4 Å². The van der Waals surface area contributed by atoms with Crippen molar-refractivity contribution in [2.24, 2.45) is 0 Å². The molecular formula is C14H16N4. The van der Waals surface area contributed by atoms with Gasteiger partial charge in [0.05, 0.1) is 17.6 Å². The summed E-state index contributed by atoms with van der Waals surface area (Å²) in [4.78, 5) is 13.2. The van der Waals surface area contributed by atoms with Crippen molar-refractivity contribution >= 4 is 17.2 Å². The van der Waals surface area contributed by atoms with E-state index in [4.69, 9.17) is 0 Å². The molecule has 2 aromatic rings. The van der Waals surface area contributed by atoms with Gasteiger partial charge in [0.15, 0.2) is 0 Å². The zero-order valence-corrected chi connectivity index (χ0v) is 10.8. The number of aromatic nitrogens is 2. The Morgan fingerprint density at radius 2 is 2.00 bits per heavy atom. The quantitative estimate of drug-likeness (QED) is 0.767. The van der Waals surface area contributed by atoms with Gasteiger partial charge in [0.25, 0.3) is 0 Å². The van der Waals surface area contributed by atoms with Crippen LogP contribution >= 0.6 is 0 Å². The molecule has 0 aliphatic carbocycles. The maximum absolute atomic E-state index is 4.52. The topological polar surface area (TPSA) is 32.3 Å². The minimum absolute atomic E-state index is 0.248. The molecule has 18 heavy (non-hydrogen) atoms. The summed E-state index contributed by atoms with van der Waals surface area (Å²) in [5.41, 5.74) is 3.49. The molecule has 92 valence electrons. The molecule has 3 rings (SSSR count). The predicted molar refractivity (Wildman–Crippen MR) is 73.2 cm³/mol. The first kappa shape index (κ1) is 11.0. The Balaban J connectivity index is 2.16. The van der Waals surface area contributed by atoms with Gasteiger partial charge in [-0.15, -0.1) is 0 Å². The first-order valence-electron chi connectivity index (χ1n) is 6.08. The van der Waals surface area contributed by atoms with Crippen LogP contribution < -0.4 is 9.80 Å². The minimum Gasteiger partial charge on any atom is -0.352 e. The van der Waals surface area contributed by atoms with Crippen LogP contribution in [0.2, 0.25) is 0 Å². The summed E-state index contributed by atoms with van der Waals surface area (Å²) < 4.78 is 0. The number of fused-ring (bicyclic) bond motifs is 1. The first-order valence-corrected chi connectivity index (χ1v) is 6.08. The normalized spacial score (nSPS) is 18.1. The Morgan fingerprint density at radius 1 is 1.17 bits per heavy atom. The molecule has 0 N–H and O–H groups in total. The van der Waals surface area contributed by atoms with Crippen molar-refractivity contribution in [2.75, 3.05) is 16.8 Å². The fourth-order valence-electron chi connectivity index (χ4n) is 2.46. The van der Waals surface area contributed by atoms with Crippen LogP contribution in [0.25, 0.3) is 0 Å². The first-order chi connectivity index (χ1) is 8.70. The standard InChI is InChI=1S/C14H16N4/c1-10-5-4-7-16-14(10)18-11(2)17(3)12-6-8-15-9-13(12)18/h4-9,11H,1-3H3. The van der Waals surface area contributed by atoms with Crippen molar-refractivity contribution in [3.63, 3.8) is 0 Å². The van der Waals surface area contributed by atoms with Crippen LogP contribution in [-0.4, -0.2) is 23.2 Å². The third-order valence-electron chi connectivity index (χ3n) is 3.56. The van der Waals surface area contributed by atoms with Crippen LogP contribution in [0.4, 0.5) is 17.2 Å². The van der Waals surface area contributed by atoms with E-state index in [1.807, 2.05) is 30.7 Å². The summed E-state index contributed by atoms with van der Waals surface area (Å²) in [5.74, 6) is 1.00. The lowest BCUT2D eigenvalue weighted by Gasteiger charge is -2.27. The molecule has 0 aromatic carbocycles. The van der Waals surface area contributed by atoms with Crippen molar-refractivity contribution in [2.45, 2.75) is 20.0 Å². The molecule has 3 heterocycles. The van der Waals surface area contributed by atoms with Gasteiger partial charge in [-0.3, -0.25) is 4.98 Å². The molecule has 0 saturated heterocycles. The van der Waals surface area contributed by atoms with Gasteiger partial charge < -0.3 is 9.80 Å². The number of nitrogens with zero attached hydrogens (tertiary/aromatic N) is 4. The Kier molecular flexibility index (Phi) is 2.44. The highest BCUT2D eigenvalue weighted by Gasteiger charge is 2.32. The Bertz CT molecular complexity index is 582. The van der Waals surface area contributed by atoms with E-state index in [2.05, 4.69) is 46.7 Å². The molecule has 4 heteroatoms. The average molecular weight is 240 g/mol. The highest BCUT2D eigenvalue weighted by Crippen LogP contribution is 2.42. The summed E-state index contributed by atoms with van der Waals surface area (Å²) in [6.45, 7) is 4.26. The van der Waals surface area contributed by atoms with E-state index in [1.54, 1.807) is 0 Å². The smallest absolute Gasteiger partial charge is 0.137 e. The largest absolute Gasteiger partial charge is 0.352 e. The van der Waals surface area contributed by atoms with E-state index < -0.39 is 0 Å². The molecule has 4 nitrogen and oxygen atoms in total. The number of hydrogen-bond acceptors (Lipinski definition) is 4. The van der Waals surface area contributed by atoms with Crippen LogP contribution in [0.5, 0.6) is 0 Å². The summed E-state index contributed by atoms with van der Waals surface area (Å²) in [6, 6.07) is 6.10. The lowest BCUT2D eigenvalue weighted by Crippen LogP contribution is -2.36. The molecule has 0 radical (unpaired) electrons. The van der Waals surface area contributed by atoms with E-state index in [0.29, 0.717) is 0 Å². The van der Waals surface area contributed by atoms with Crippen molar-refractivity contribution in [1.82, 2.24) is 9.97 Å². The highest BCUT2D eigenvalue weighted by atomic mass is 15.4. The van der Waals surface area contributed by atoms with Crippen LogP contribution in [0, 0.1) is 6.92 Å². The maximum Gasteiger partial charge on any atom is 0.137 e. The van der Waals surface area contributed by atoms with Gasteiger partial charge >= 0.3 is 0 Å².